The van der Waals surface area contributed by atoms with E-state index in [2.05, 4.69) is 24.8 Å². The molecule has 3 aliphatic rings. The van der Waals surface area contributed by atoms with E-state index in [9.17, 15) is 18.0 Å². The Morgan fingerprint density at radius 1 is 1.26 bits per heavy atom. The summed E-state index contributed by atoms with van der Waals surface area (Å²) in [6.45, 7) is 5.50. The normalized spacial score (nSPS) is 27.5. The van der Waals surface area contributed by atoms with Crippen molar-refractivity contribution in [1.29, 1.82) is 0 Å². The van der Waals surface area contributed by atoms with Gasteiger partial charge in [-0.05, 0) is 46.5 Å². The third-order valence-electron chi connectivity index (χ3n) is 5.68. The van der Waals surface area contributed by atoms with Gasteiger partial charge in [0.1, 0.15) is 15.6 Å². The number of nitrogens with zero attached hydrogens (tertiary/aromatic N) is 5. The predicted molar refractivity (Wildman–Crippen MR) is 119 cm³/mol. The second-order valence-corrected chi connectivity index (χ2v) is 11.5. The first kappa shape index (κ1) is 24.6. The largest absolute Gasteiger partial charge is 0.442 e. The number of amides is 3. The monoisotopic (exact) mass is 517 g/mol. The van der Waals surface area contributed by atoms with E-state index in [1.54, 1.807) is 20.8 Å². The smallest absolute Gasteiger partial charge is 0.437 e. The summed E-state index contributed by atoms with van der Waals surface area (Å²) < 4.78 is 40.6. The van der Waals surface area contributed by atoms with Gasteiger partial charge in [-0.3, -0.25) is 4.55 Å². The average molecular weight is 518 g/mol. The maximum atomic E-state index is 12.6. The molecule has 0 aromatic carbocycles. The van der Waals surface area contributed by atoms with Crippen LogP contribution in [-0.4, -0.2) is 75.4 Å². The molecule has 2 saturated heterocycles. The Labute approximate surface area is 200 Å². The maximum absolute atomic E-state index is 12.6. The third-order valence-corrected chi connectivity index (χ3v) is 7.22. The Bertz CT molecular complexity index is 1090. The molecule has 1 aromatic heterocycles. The van der Waals surface area contributed by atoms with Crippen molar-refractivity contribution in [3.8, 4) is 0 Å². The van der Waals surface area contributed by atoms with Crippen molar-refractivity contribution in [2.45, 2.75) is 76.1 Å². The minimum absolute atomic E-state index is 0.00312. The Kier molecular flexibility index (Phi) is 6.43. The molecular formula is C18H27N7O7S2. The summed E-state index contributed by atoms with van der Waals surface area (Å²) in [5.74, 6) is 0.152. The number of nitrogens with two attached hydrogens (primary N) is 1. The molecule has 3 amide bonds. The molecule has 1 aromatic rings. The Morgan fingerprint density at radius 2 is 1.94 bits per heavy atom. The molecule has 1 saturated carbocycles. The van der Waals surface area contributed by atoms with Crippen LogP contribution in [0.15, 0.2) is 4.99 Å². The van der Waals surface area contributed by atoms with E-state index in [1.165, 1.54) is 16.2 Å². The predicted octanol–water partition coefficient (Wildman–Crippen LogP) is 1.30. The molecule has 0 spiro atoms. The van der Waals surface area contributed by atoms with Gasteiger partial charge in [0.2, 0.25) is 0 Å². The number of carbonyl (C=O) groups excluding carboxylic acids is 2. The van der Waals surface area contributed by atoms with Crippen molar-refractivity contribution in [3.05, 3.63) is 10.0 Å². The standard InChI is InChI=1S/C18H27N7O7S2/c1-18(2,3)31-16(26)21-15(19)20-10-6-9(7-10)13-22-23-14(33-13)12-5-4-11-8-24(12)17(27)25(11)32-34(28,29)30/h9-12H,4-8H2,1-3H3,(H,28,29,30)(H3,19,20,21,26)/t9-,10+,11-,12+/m1/s1. The lowest BCUT2D eigenvalue weighted by Crippen LogP contribution is -2.47. The maximum Gasteiger partial charge on any atom is 0.437 e. The lowest BCUT2D eigenvalue weighted by molar-refractivity contribution is -0.0317. The number of hydrogen-bond donors (Lipinski definition) is 3. The molecule has 34 heavy (non-hydrogen) atoms. The van der Waals surface area contributed by atoms with Crippen molar-refractivity contribution < 1.29 is 31.6 Å². The fraction of sp³-hybridized carbons (Fsp3) is 0.722. The molecule has 16 heteroatoms. The molecule has 14 nitrogen and oxygen atoms in total. The lowest BCUT2D eigenvalue weighted by Gasteiger charge is -2.34. The molecule has 2 aliphatic heterocycles. The average Bonchev–Trinajstić information content (AvgIpc) is 3.22. The summed E-state index contributed by atoms with van der Waals surface area (Å²) in [6, 6.07) is -1.39. The van der Waals surface area contributed by atoms with Crippen LogP contribution in [0.1, 0.15) is 68.4 Å². The molecule has 2 atom stereocenters. The zero-order chi connectivity index (χ0) is 24.8. The minimum Gasteiger partial charge on any atom is -0.442 e. The molecule has 0 radical (unpaired) electrons. The summed E-state index contributed by atoms with van der Waals surface area (Å²) in [7, 11) is -4.79. The van der Waals surface area contributed by atoms with Crippen LogP contribution < -0.4 is 11.1 Å². The molecule has 1 aliphatic carbocycles. The first-order valence-corrected chi connectivity index (χ1v) is 12.9. The van der Waals surface area contributed by atoms with E-state index in [-0.39, 0.29) is 30.5 Å². The van der Waals surface area contributed by atoms with E-state index in [4.69, 9.17) is 15.0 Å². The SMILES string of the molecule is CC(C)(C)OC(=O)/N=C(/N)N[C@H]1C[C@@H](c2nnc([C@@H]3CC[C@@H]4CN3C(=O)N4OS(=O)(=O)O)s2)C1. The molecule has 0 unspecified atom stereocenters. The van der Waals surface area contributed by atoms with Crippen LogP contribution in [-0.2, 0) is 19.4 Å². The minimum atomic E-state index is -4.79. The molecule has 4 N–H and O–H groups in total. The Hall–Kier alpha value is -2.56. The van der Waals surface area contributed by atoms with E-state index in [1.807, 2.05) is 0 Å². The first-order chi connectivity index (χ1) is 15.8. The quantitative estimate of drug-likeness (QED) is 0.290. The summed E-state index contributed by atoms with van der Waals surface area (Å²) in [5.41, 5.74) is 5.14. The zero-order valence-electron chi connectivity index (χ0n) is 18.9. The summed E-state index contributed by atoms with van der Waals surface area (Å²) in [6.07, 6.45) is 1.77. The topological polar surface area (TPSA) is 190 Å². The number of fused-ring (bicyclic) bond motifs is 2. The molecule has 2 bridgehead atoms. The van der Waals surface area contributed by atoms with Gasteiger partial charge in [-0.1, -0.05) is 11.3 Å². The molecular weight excluding hydrogens is 490 g/mol. The lowest BCUT2D eigenvalue weighted by atomic mass is 9.81. The van der Waals surface area contributed by atoms with Gasteiger partial charge in [-0.25, -0.2) is 9.59 Å². The first-order valence-electron chi connectivity index (χ1n) is 10.7. The van der Waals surface area contributed by atoms with Gasteiger partial charge in [0.05, 0.1) is 12.1 Å². The van der Waals surface area contributed by atoms with Crippen LogP contribution >= 0.6 is 11.3 Å². The van der Waals surface area contributed by atoms with Crippen LogP contribution in [0.3, 0.4) is 0 Å². The summed E-state index contributed by atoms with van der Waals surface area (Å²) in [5, 5.41) is 13.8. The van der Waals surface area contributed by atoms with Crippen molar-refractivity contribution in [3.63, 3.8) is 0 Å². The molecule has 3 heterocycles. The van der Waals surface area contributed by atoms with Crippen molar-refractivity contribution in [2.24, 2.45) is 10.7 Å². The Balaban J connectivity index is 1.31. The van der Waals surface area contributed by atoms with Crippen LogP contribution in [0, 0.1) is 0 Å². The van der Waals surface area contributed by atoms with Gasteiger partial charge in [0, 0.05) is 18.5 Å². The van der Waals surface area contributed by atoms with Crippen LogP contribution in [0.5, 0.6) is 0 Å². The van der Waals surface area contributed by atoms with Crippen LogP contribution in [0.2, 0.25) is 0 Å². The number of aromatic nitrogens is 2. The number of urea groups is 1. The second kappa shape index (κ2) is 8.90. The van der Waals surface area contributed by atoms with E-state index >= 15 is 0 Å². The van der Waals surface area contributed by atoms with E-state index < -0.39 is 34.2 Å². The van der Waals surface area contributed by atoms with Crippen LogP contribution in [0.4, 0.5) is 9.59 Å². The number of guanidine groups is 1. The highest BCUT2D eigenvalue weighted by molar-refractivity contribution is 7.80. The summed E-state index contributed by atoms with van der Waals surface area (Å²) >= 11 is 1.41. The van der Waals surface area contributed by atoms with E-state index in [0.29, 0.717) is 22.9 Å². The number of nitrogens with one attached hydrogen (secondary N) is 1. The number of piperidine rings is 1. The van der Waals surface area contributed by atoms with Gasteiger partial charge >= 0.3 is 22.5 Å². The van der Waals surface area contributed by atoms with Crippen LogP contribution in [0.25, 0.3) is 0 Å². The molecule has 3 fully saturated rings. The number of hydroxylamine groups is 2. The Morgan fingerprint density at radius 3 is 2.59 bits per heavy atom. The highest BCUT2D eigenvalue weighted by atomic mass is 32.3. The fourth-order valence-electron chi connectivity index (χ4n) is 4.20. The zero-order valence-corrected chi connectivity index (χ0v) is 20.5. The number of aliphatic imine (C=N–C) groups is 1. The molecule has 188 valence electrons. The van der Waals surface area contributed by atoms with Crippen molar-refractivity contribution >= 4 is 39.8 Å². The van der Waals surface area contributed by atoms with E-state index in [0.717, 1.165) is 17.8 Å². The van der Waals surface area contributed by atoms with Gasteiger partial charge in [0.25, 0.3) is 0 Å². The van der Waals surface area contributed by atoms with Gasteiger partial charge < -0.3 is 20.7 Å². The molecule has 4 rings (SSSR count). The third kappa shape index (κ3) is 5.56. The van der Waals surface area contributed by atoms with Gasteiger partial charge in [0.15, 0.2) is 5.96 Å². The van der Waals surface area contributed by atoms with Crippen molar-refractivity contribution in [2.75, 3.05) is 6.54 Å². The fourth-order valence-corrected chi connectivity index (χ4v) is 5.70. The van der Waals surface area contributed by atoms with Gasteiger partial charge in [-0.15, -0.1) is 19.5 Å². The number of ether oxygens (including phenoxy) is 1. The van der Waals surface area contributed by atoms with Crippen molar-refractivity contribution in [1.82, 2.24) is 25.5 Å². The highest BCUT2D eigenvalue weighted by Crippen LogP contribution is 2.43. The second-order valence-electron chi connectivity index (χ2n) is 9.48. The van der Waals surface area contributed by atoms with Gasteiger partial charge in [-0.2, -0.15) is 13.5 Å². The highest BCUT2D eigenvalue weighted by Gasteiger charge is 2.48. The number of rotatable bonds is 5. The number of hydrogen-bond acceptors (Lipinski definition) is 9. The number of carbonyl (C=O) groups is 2. The summed E-state index contributed by atoms with van der Waals surface area (Å²) in [4.78, 5) is 29.5.